The van der Waals surface area contributed by atoms with Crippen LogP contribution in [0.1, 0.15) is 45.1 Å². The van der Waals surface area contributed by atoms with Crippen LogP contribution in [0.25, 0.3) is 0 Å². The fraction of sp³-hybridized carbons (Fsp3) is 0.650. The van der Waals surface area contributed by atoms with Gasteiger partial charge in [-0.05, 0) is 32.3 Å². The maximum absolute atomic E-state index is 12.3. The van der Waals surface area contributed by atoms with Crippen molar-refractivity contribution in [2.75, 3.05) is 32.4 Å². The van der Waals surface area contributed by atoms with Gasteiger partial charge in [-0.1, -0.05) is 43.2 Å². The van der Waals surface area contributed by atoms with E-state index in [1.165, 1.54) is 31.2 Å². The van der Waals surface area contributed by atoms with E-state index in [9.17, 15) is 8.42 Å². The molecule has 27 heavy (non-hydrogen) atoms. The SMILES string of the molecule is CN=C(NCC1(c2ccccc2)CCCC1)N1CCS(=O)(=O)C(C)(C)C1.I. The van der Waals surface area contributed by atoms with E-state index in [1.807, 2.05) is 13.8 Å². The summed E-state index contributed by atoms with van der Waals surface area (Å²) >= 11 is 0. The molecule has 1 aromatic carbocycles. The number of hydrogen-bond donors (Lipinski definition) is 1. The van der Waals surface area contributed by atoms with Gasteiger partial charge in [-0.25, -0.2) is 8.42 Å². The molecule has 3 rings (SSSR count). The summed E-state index contributed by atoms with van der Waals surface area (Å²) in [5.74, 6) is 1.00. The zero-order valence-corrected chi connectivity index (χ0v) is 19.7. The summed E-state index contributed by atoms with van der Waals surface area (Å²) in [4.78, 5) is 6.54. The molecule has 2 aliphatic rings. The van der Waals surface area contributed by atoms with Gasteiger partial charge in [-0.3, -0.25) is 4.99 Å². The first-order chi connectivity index (χ1) is 12.3. The predicted molar refractivity (Wildman–Crippen MR) is 123 cm³/mol. The summed E-state index contributed by atoms with van der Waals surface area (Å²) in [6.07, 6.45) is 4.87. The molecule has 1 aliphatic heterocycles. The van der Waals surface area contributed by atoms with E-state index < -0.39 is 14.6 Å². The average molecular weight is 505 g/mol. The quantitative estimate of drug-likeness (QED) is 0.390. The van der Waals surface area contributed by atoms with E-state index in [0.717, 1.165) is 12.5 Å². The summed E-state index contributed by atoms with van der Waals surface area (Å²) in [7, 11) is -1.27. The molecule has 7 heteroatoms. The van der Waals surface area contributed by atoms with Crippen LogP contribution in [-0.2, 0) is 15.3 Å². The summed E-state index contributed by atoms with van der Waals surface area (Å²) in [5.41, 5.74) is 1.54. The number of rotatable bonds is 3. The van der Waals surface area contributed by atoms with Gasteiger partial charge in [0.1, 0.15) is 0 Å². The molecule has 0 aromatic heterocycles. The molecule has 1 saturated carbocycles. The lowest BCUT2D eigenvalue weighted by atomic mass is 9.79. The zero-order chi connectivity index (χ0) is 18.8. The molecule has 0 radical (unpaired) electrons. The van der Waals surface area contributed by atoms with E-state index in [0.29, 0.717) is 13.1 Å². The number of aliphatic imine (C=N–C) groups is 1. The number of halogens is 1. The van der Waals surface area contributed by atoms with Gasteiger partial charge in [0.15, 0.2) is 15.8 Å². The van der Waals surface area contributed by atoms with Crippen LogP contribution < -0.4 is 5.32 Å². The molecule has 0 atom stereocenters. The van der Waals surface area contributed by atoms with E-state index >= 15 is 0 Å². The highest BCUT2D eigenvalue weighted by Gasteiger charge is 2.41. The Bertz CT molecular complexity index is 757. The molecule has 5 nitrogen and oxygen atoms in total. The molecule has 1 aromatic rings. The fourth-order valence-corrected chi connectivity index (χ4v) is 5.68. The Kier molecular flexibility index (Phi) is 7.22. The van der Waals surface area contributed by atoms with Crippen LogP contribution in [0.3, 0.4) is 0 Å². The summed E-state index contributed by atoms with van der Waals surface area (Å²) in [6, 6.07) is 10.7. The van der Waals surface area contributed by atoms with Gasteiger partial charge in [0.2, 0.25) is 0 Å². The molecule has 0 amide bonds. The molecule has 1 N–H and O–H groups in total. The van der Waals surface area contributed by atoms with Crippen molar-refractivity contribution in [3.05, 3.63) is 35.9 Å². The Labute approximate surface area is 181 Å². The van der Waals surface area contributed by atoms with Crippen LogP contribution in [0, 0.1) is 0 Å². The second-order valence-corrected chi connectivity index (χ2v) is 11.0. The smallest absolute Gasteiger partial charge is 0.193 e. The third-order valence-corrected chi connectivity index (χ3v) is 8.62. The normalized spacial score (nSPS) is 23.5. The van der Waals surface area contributed by atoms with Crippen molar-refractivity contribution in [2.24, 2.45) is 4.99 Å². The zero-order valence-electron chi connectivity index (χ0n) is 16.6. The third-order valence-electron chi connectivity index (χ3n) is 6.09. The van der Waals surface area contributed by atoms with E-state index in [-0.39, 0.29) is 35.1 Å². The highest BCUT2D eigenvalue weighted by Crippen LogP contribution is 2.40. The Balaban J connectivity index is 0.00000261. The van der Waals surface area contributed by atoms with E-state index in [1.54, 1.807) is 7.05 Å². The van der Waals surface area contributed by atoms with Crippen molar-refractivity contribution in [3.63, 3.8) is 0 Å². The van der Waals surface area contributed by atoms with Gasteiger partial charge in [-0.15, -0.1) is 24.0 Å². The minimum absolute atomic E-state index is 0. The van der Waals surface area contributed by atoms with E-state index in [4.69, 9.17) is 0 Å². The Morgan fingerprint density at radius 3 is 2.37 bits per heavy atom. The van der Waals surface area contributed by atoms with Gasteiger partial charge in [0, 0.05) is 32.1 Å². The predicted octanol–water partition coefficient (Wildman–Crippen LogP) is 3.20. The van der Waals surface area contributed by atoms with Crippen molar-refractivity contribution < 1.29 is 8.42 Å². The molecular weight excluding hydrogens is 473 g/mol. The van der Waals surface area contributed by atoms with Crippen LogP contribution in [-0.4, -0.2) is 56.5 Å². The maximum atomic E-state index is 12.3. The van der Waals surface area contributed by atoms with Gasteiger partial charge in [-0.2, -0.15) is 0 Å². The molecular formula is C20H32IN3O2S. The Morgan fingerprint density at radius 2 is 1.81 bits per heavy atom. The molecule has 1 aliphatic carbocycles. The lowest BCUT2D eigenvalue weighted by molar-refractivity contribution is 0.344. The minimum atomic E-state index is -3.05. The van der Waals surface area contributed by atoms with Crippen LogP contribution in [0.15, 0.2) is 35.3 Å². The lowest BCUT2D eigenvalue weighted by Gasteiger charge is -2.40. The van der Waals surface area contributed by atoms with Crippen molar-refractivity contribution in [1.82, 2.24) is 10.2 Å². The van der Waals surface area contributed by atoms with Crippen molar-refractivity contribution in [3.8, 4) is 0 Å². The standard InChI is InChI=1S/C20H31N3O2S.HI/c1-19(2)16-23(13-14-26(19,24)25)18(21-3)22-15-20(11-7-8-12-20)17-9-5-4-6-10-17;/h4-6,9-10H,7-8,11-16H2,1-3H3,(H,21,22);1H. The molecule has 1 heterocycles. The number of sulfone groups is 1. The van der Waals surface area contributed by atoms with Crippen LogP contribution in [0.2, 0.25) is 0 Å². The number of benzene rings is 1. The molecule has 0 bridgehead atoms. The molecule has 2 fully saturated rings. The minimum Gasteiger partial charge on any atom is -0.355 e. The summed E-state index contributed by atoms with van der Waals surface area (Å²) in [6.45, 7) is 5.44. The topological polar surface area (TPSA) is 61.8 Å². The number of guanidine groups is 1. The highest BCUT2D eigenvalue weighted by molar-refractivity contribution is 14.0. The second-order valence-electron chi connectivity index (χ2n) is 8.25. The van der Waals surface area contributed by atoms with Crippen molar-refractivity contribution in [1.29, 1.82) is 0 Å². The van der Waals surface area contributed by atoms with E-state index in [2.05, 4.69) is 45.5 Å². The largest absolute Gasteiger partial charge is 0.355 e. The molecule has 0 unspecified atom stereocenters. The molecule has 1 saturated heterocycles. The highest BCUT2D eigenvalue weighted by atomic mass is 127. The molecule has 152 valence electrons. The first-order valence-electron chi connectivity index (χ1n) is 9.53. The summed E-state index contributed by atoms with van der Waals surface area (Å²) in [5, 5.41) is 3.57. The third kappa shape index (κ3) is 4.60. The van der Waals surface area contributed by atoms with Crippen molar-refractivity contribution >= 4 is 39.8 Å². The number of nitrogens with zero attached hydrogens (tertiary/aromatic N) is 2. The number of nitrogens with one attached hydrogen (secondary N) is 1. The monoisotopic (exact) mass is 505 g/mol. The maximum Gasteiger partial charge on any atom is 0.193 e. The lowest BCUT2D eigenvalue weighted by Crippen LogP contribution is -2.58. The number of hydrogen-bond acceptors (Lipinski definition) is 3. The van der Waals surface area contributed by atoms with Gasteiger partial charge < -0.3 is 10.2 Å². The van der Waals surface area contributed by atoms with Crippen LogP contribution >= 0.6 is 24.0 Å². The average Bonchev–Trinajstić information content (AvgIpc) is 3.09. The first-order valence-corrected chi connectivity index (χ1v) is 11.2. The summed E-state index contributed by atoms with van der Waals surface area (Å²) < 4.78 is 23.8. The second kappa shape index (κ2) is 8.68. The van der Waals surface area contributed by atoms with Crippen LogP contribution in [0.5, 0.6) is 0 Å². The fourth-order valence-electron chi connectivity index (χ4n) is 4.32. The van der Waals surface area contributed by atoms with Gasteiger partial charge in [0.05, 0.1) is 10.5 Å². The van der Waals surface area contributed by atoms with Crippen LogP contribution in [0.4, 0.5) is 0 Å². The van der Waals surface area contributed by atoms with Gasteiger partial charge in [0.25, 0.3) is 0 Å². The van der Waals surface area contributed by atoms with Gasteiger partial charge >= 0.3 is 0 Å². The first kappa shape index (κ1) is 22.5. The Hall–Kier alpha value is -0.830. The Morgan fingerprint density at radius 1 is 1.19 bits per heavy atom. The van der Waals surface area contributed by atoms with Crippen molar-refractivity contribution in [2.45, 2.75) is 49.7 Å². The molecule has 0 spiro atoms.